The smallest absolute Gasteiger partial charge is 0.203 e. The Balaban J connectivity index is 2.52. The van der Waals surface area contributed by atoms with Gasteiger partial charge in [-0.05, 0) is 27.2 Å². The Morgan fingerprint density at radius 1 is 1.40 bits per heavy atom. The maximum Gasteiger partial charge on any atom is 0.203 e. The average molecular weight is 209 g/mol. The van der Waals surface area contributed by atoms with E-state index in [-0.39, 0.29) is 0 Å². The lowest BCUT2D eigenvalue weighted by Crippen LogP contribution is -2.09. The van der Waals surface area contributed by atoms with Crippen LogP contribution < -0.4 is 5.32 Å². The molecule has 0 aliphatic rings. The van der Waals surface area contributed by atoms with Crippen molar-refractivity contribution in [2.45, 2.75) is 53.0 Å². The molecule has 0 saturated heterocycles. The van der Waals surface area contributed by atoms with Crippen LogP contribution in [-0.2, 0) is 0 Å². The average Bonchev–Trinajstić information content (AvgIpc) is 2.55. The van der Waals surface area contributed by atoms with Gasteiger partial charge in [0.1, 0.15) is 0 Å². The zero-order valence-corrected chi connectivity index (χ0v) is 10.4. The molecule has 0 aromatic carbocycles. The molecule has 0 unspecified atom stereocenters. The SMILES string of the molecule is CCCCCNc1nc(C)cn1C(C)C. The van der Waals surface area contributed by atoms with Crippen molar-refractivity contribution in [2.75, 3.05) is 11.9 Å². The molecule has 0 radical (unpaired) electrons. The molecule has 0 fully saturated rings. The molecule has 1 rings (SSSR count). The molecule has 86 valence electrons. The molecular weight excluding hydrogens is 186 g/mol. The van der Waals surface area contributed by atoms with Gasteiger partial charge in [-0.3, -0.25) is 0 Å². The highest BCUT2D eigenvalue weighted by Crippen LogP contribution is 2.15. The van der Waals surface area contributed by atoms with Crippen LogP contribution >= 0.6 is 0 Å². The number of hydrogen-bond acceptors (Lipinski definition) is 2. The number of aryl methyl sites for hydroxylation is 1. The molecule has 1 aromatic rings. The van der Waals surface area contributed by atoms with Crippen LogP contribution in [0.3, 0.4) is 0 Å². The van der Waals surface area contributed by atoms with E-state index in [0.29, 0.717) is 6.04 Å². The summed E-state index contributed by atoms with van der Waals surface area (Å²) in [6.45, 7) is 9.64. The fourth-order valence-electron chi connectivity index (χ4n) is 1.62. The number of unbranched alkanes of at least 4 members (excludes halogenated alkanes) is 2. The molecule has 3 nitrogen and oxygen atoms in total. The molecule has 1 aromatic heterocycles. The molecule has 0 bridgehead atoms. The normalized spacial score (nSPS) is 11.0. The summed E-state index contributed by atoms with van der Waals surface area (Å²) in [7, 11) is 0. The quantitative estimate of drug-likeness (QED) is 0.728. The van der Waals surface area contributed by atoms with Gasteiger partial charge < -0.3 is 9.88 Å². The van der Waals surface area contributed by atoms with E-state index in [1.165, 1.54) is 19.3 Å². The summed E-state index contributed by atoms with van der Waals surface area (Å²) in [6, 6.07) is 0.472. The van der Waals surface area contributed by atoms with Crippen LogP contribution in [0.4, 0.5) is 5.95 Å². The summed E-state index contributed by atoms with van der Waals surface area (Å²) in [5.74, 6) is 1.01. The number of aromatic nitrogens is 2. The number of rotatable bonds is 6. The minimum atomic E-state index is 0.472. The van der Waals surface area contributed by atoms with E-state index in [9.17, 15) is 0 Å². The van der Waals surface area contributed by atoms with Gasteiger partial charge in [0.15, 0.2) is 0 Å². The van der Waals surface area contributed by atoms with Gasteiger partial charge in [-0.25, -0.2) is 4.98 Å². The highest BCUT2D eigenvalue weighted by Gasteiger charge is 2.06. The second-order valence-electron chi connectivity index (χ2n) is 4.34. The summed E-state index contributed by atoms with van der Waals surface area (Å²) < 4.78 is 2.20. The van der Waals surface area contributed by atoms with Crippen LogP contribution in [0.1, 0.15) is 51.8 Å². The van der Waals surface area contributed by atoms with Crippen molar-refractivity contribution < 1.29 is 0 Å². The first kappa shape index (κ1) is 12.1. The molecule has 0 aliphatic carbocycles. The number of hydrogen-bond donors (Lipinski definition) is 1. The molecule has 0 atom stereocenters. The first-order chi connectivity index (χ1) is 7.15. The summed E-state index contributed by atoms with van der Waals surface area (Å²) in [6.07, 6.45) is 5.88. The summed E-state index contributed by atoms with van der Waals surface area (Å²) in [5, 5.41) is 3.40. The number of nitrogens with zero attached hydrogens (tertiary/aromatic N) is 2. The minimum Gasteiger partial charge on any atom is -0.356 e. The Bertz CT molecular complexity index is 289. The van der Waals surface area contributed by atoms with Gasteiger partial charge in [0.25, 0.3) is 0 Å². The van der Waals surface area contributed by atoms with Crippen molar-refractivity contribution in [2.24, 2.45) is 0 Å². The zero-order chi connectivity index (χ0) is 11.3. The van der Waals surface area contributed by atoms with E-state index in [4.69, 9.17) is 0 Å². The molecule has 0 amide bonds. The molecular formula is C12H23N3. The second-order valence-corrected chi connectivity index (χ2v) is 4.34. The summed E-state index contributed by atoms with van der Waals surface area (Å²) >= 11 is 0. The first-order valence-electron chi connectivity index (χ1n) is 5.94. The fourth-order valence-corrected chi connectivity index (χ4v) is 1.62. The van der Waals surface area contributed by atoms with Gasteiger partial charge in [-0.1, -0.05) is 19.8 Å². The number of imidazole rings is 1. The van der Waals surface area contributed by atoms with E-state index in [2.05, 4.69) is 41.8 Å². The van der Waals surface area contributed by atoms with Gasteiger partial charge in [-0.15, -0.1) is 0 Å². The van der Waals surface area contributed by atoms with Gasteiger partial charge in [-0.2, -0.15) is 0 Å². The molecule has 0 aliphatic heterocycles. The first-order valence-corrected chi connectivity index (χ1v) is 5.94. The van der Waals surface area contributed by atoms with Crippen molar-refractivity contribution in [3.05, 3.63) is 11.9 Å². The van der Waals surface area contributed by atoms with E-state index in [1.54, 1.807) is 0 Å². The van der Waals surface area contributed by atoms with Crippen molar-refractivity contribution in [3.63, 3.8) is 0 Å². The monoisotopic (exact) mass is 209 g/mol. The Morgan fingerprint density at radius 2 is 2.13 bits per heavy atom. The van der Waals surface area contributed by atoms with Crippen LogP contribution in [0.15, 0.2) is 6.20 Å². The predicted octanol–water partition coefficient (Wildman–Crippen LogP) is 3.37. The highest BCUT2D eigenvalue weighted by atomic mass is 15.2. The molecule has 15 heavy (non-hydrogen) atoms. The standard InChI is InChI=1S/C12H23N3/c1-5-6-7-8-13-12-14-11(4)9-15(12)10(2)3/h9-10H,5-8H2,1-4H3,(H,13,14). The third-order valence-electron chi connectivity index (χ3n) is 2.47. The molecule has 0 saturated carbocycles. The lowest BCUT2D eigenvalue weighted by molar-refractivity contribution is 0.602. The molecule has 1 heterocycles. The molecule has 3 heteroatoms. The highest BCUT2D eigenvalue weighted by molar-refractivity contribution is 5.29. The van der Waals surface area contributed by atoms with E-state index < -0.39 is 0 Å². The Hall–Kier alpha value is -0.990. The maximum absolute atomic E-state index is 4.48. The van der Waals surface area contributed by atoms with Crippen molar-refractivity contribution in [3.8, 4) is 0 Å². The van der Waals surface area contributed by atoms with Crippen LogP contribution in [0.5, 0.6) is 0 Å². The molecule has 0 spiro atoms. The Kier molecular flexibility index (Phi) is 4.66. The van der Waals surface area contributed by atoms with Gasteiger partial charge in [0.05, 0.1) is 5.69 Å². The fraction of sp³-hybridized carbons (Fsp3) is 0.750. The summed E-state index contributed by atoms with van der Waals surface area (Å²) in [5.41, 5.74) is 1.08. The van der Waals surface area contributed by atoms with Crippen molar-refractivity contribution in [1.82, 2.24) is 9.55 Å². The predicted molar refractivity (Wildman–Crippen MR) is 65.4 cm³/mol. The van der Waals surface area contributed by atoms with Gasteiger partial charge in [0, 0.05) is 18.8 Å². The zero-order valence-electron chi connectivity index (χ0n) is 10.4. The van der Waals surface area contributed by atoms with Crippen molar-refractivity contribution in [1.29, 1.82) is 0 Å². The third-order valence-corrected chi connectivity index (χ3v) is 2.47. The maximum atomic E-state index is 4.48. The topological polar surface area (TPSA) is 29.9 Å². The van der Waals surface area contributed by atoms with Crippen LogP contribution in [0, 0.1) is 6.92 Å². The molecule has 1 N–H and O–H groups in total. The van der Waals surface area contributed by atoms with Gasteiger partial charge in [0.2, 0.25) is 5.95 Å². The van der Waals surface area contributed by atoms with E-state index in [1.807, 2.05) is 6.92 Å². The van der Waals surface area contributed by atoms with Crippen molar-refractivity contribution >= 4 is 5.95 Å². The lowest BCUT2D eigenvalue weighted by Gasteiger charge is -2.12. The third kappa shape index (κ3) is 3.57. The summed E-state index contributed by atoms with van der Waals surface area (Å²) in [4.78, 5) is 4.48. The van der Waals surface area contributed by atoms with E-state index >= 15 is 0 Å². The minimum absolute atomic E-state index is 0.472. The van der Waals surface area contributed by atoms with Crippen LogP contribution in [0.25, 0.3) is 0 Å². The number of anilines is 1. The Labute approximate surface area is 92.9 Å². The van der Waals surface area contributed by atoms with E-state index in [0.717, 1.165) is 18.2 Å². The second kappa shape index (κ2) is 5.79. The van der Waals surface area contributed by atoms with Crippen LogP contribution in [0.2, 0.25) is 0 Å². The van der Waals surface area contributed by atoms with Crippen LogP contribution in [-0.4, -0.2) is 16.1 Å². The largest absolute Gasteiger partial charge is 0.356 e. The lowest BCUT2D eigenvalue weighted by atomic mass is 10.2. The Morgan fingerprint density at radius 3 is 2.73 bits per heavy atom. The number of nitrogens with one attached hydrogen (secondary N) is 1. The van der Waals surface area contributed by atoms with Gasteiger partial charge >= 0.3 is 0 Å².